The predicted octanol–water partition coefficient (Wildman–Crippen LogP) is 3.93. The van der Waals surface area contributed by atoms with E-state index in [1.54, 1.807) is 0 Å². The number of carbonyl (C=O) groups excluding carboxylic acids is 2. The Morgan fingerprint density at radius 1 is 0.706 bits per heavy atom. The normalized spacial score (nSPS) is 41.1. The lowest BCUT2D eigenvalue weighted by Crippen LogP contribution is -2.50. The number of aliphatic hydroxyl groups is 2. The Morgan fingerprint density at radius 2 is 1.09 bits per heavy atom. The van der Waals surface area contributed by atoms with Crippen molar-refractivity contribution < 1.29 is 29.3 Å². The Balaban J connectivity index is 0.000000142. The third kappa shape index (κ3) is 3.70. The Bertz CT molecular complexity index is 922. The number of carbonyl (C=O) groups is 2. The summed E-state index contributed by atoms with van der Waals surface area (Å²) in [5.74, 6) is -0.455. The lowest BCUT2D eigenvalue weighted by atomic mass is 9.63. The van der Waals surface area contributed by atoms with Crippen LogP contribution in [-0.2, 0) is 19.1 Å². The average Bonchev–Trinajstić information content (AvgIpc) is 2.79. The molecule has 2 aliphatic heterocycles. The van der Waals surface area contributed by atoms with Crippen LogP contribution >= 0.6 is 0 Å². The van der Waals surface area contributed by atoms with Crippen LogP contribution in [0, 0.1) is 23.7 Å². The largest absolute Gasteiger partial charge is 0.458 e. The molecule has 0 aromatic rings. The van der Waals surface area contributed by atoms with E-state index in [0.717, 1.165) is 38.5 Å². The van der Waals surface area contributed by atoms with Crippen LogP contribution in [0.3, 0.4) is 0 Å². The summed E-state index contributed by atoms with van der Waals surface area (Å²) >= 11 is 0. The summed E-state index contributed by atoms with van der Waals surface area (Å²) in [7, 11) is 0. The van der Waals surface area contributed by atoms with Gasteiger partial charge in [0.25, 0.3) is 0 Å². The monoisotopic (exact) mass is 468 g/mol. The molecule has 4 aliphatic carbocycles. The molecule has 2 saturated heterocycles. The van der Waals surface area contributed by atoms with Gasteiger partial charge in [0.15, 0.2) is 0 Å². The van der Waals surface area contributed by atoms with Crippen molar-refractivity contribution in [3.05, 3.63) is 46.6 Å². The summed E-state index contributed by atoms with van der Waals surface area (Å²) < 4.78 is 10.9. The van der Waals surface area contributed by atoms with Crippen molar-refractivity contribution >= 4 is 11.9 Å². The maximum Gasteiger partial charge on any atom is 0.334 e. The van der Waals surface area contributed by atoms with Crippen molar-refractivity contribution in [2.45, 2.75) is 89.6 Å². The first-order valence-electron chi connectivity index (χ1n) is 12.7. The fraction of sp³-hybridized carbons (Fsp3) is 0.643. The molecule has 0 amide bonds. The molecule has 34 heavy (non-hydrogen) atoms. The molecule has 2 saturated carbocycles. The zero-order chi connectivity index (χ0) is 24.3. The van der Waals surface area contributed by atoms with Gasteiger partial charge in [0.05, 0.1) is 12.2 Å². The summed E-state index contributed by atoms with van der Waals surface area (Å²) in [6.07, 6.45) is 6.51. The third-order valence-electron chi connectivity index (χ3n) is 9.05. The minimum absolute atomic E-state index is 0.0355. The Kier molecular flexibility index (Phi) is 6.09. The van der Waals surface area contributed by atoms with Crippen molar-refractivity contribution in [3.8, 4) is 0 Å². The van der Waals surface area contributed by atoms with Gasteiger partial charge in [-0.15, -0.1) is 0 Å². The zero-order valence-corrected chi connectivity index (χ0v) is 20.2. The Hall–Kier alpha value is -2.18. The Morgan fingerprint density at radius 3 is 1.47 bits per heavy atom. The summed E-state index contributed by atoms with van der Waals surface area (Å²) in [4.78, 5) is 23.5. The second-order valence-electron chi connectivity index (χ2n) is 11.0. The fourth-order valence-electron chi connectivity index (χ4n) is 7.50. The van der Waals surface area contributed by atoms with E-state index in [2.05, 4.69) is 27.0 Å². The van der Waals surface area contributed by atoms with Gasteiger partial charge in [0.1, 0.15) is 12.2 Å². The average molecular weight is 469 g/mol. The molecule has 2 N–H and O–H groups in total. The first-order chi connectivity index (χ1) is 16.2. The van der Waals surface area contributed by atoms with E-state index in [1.165, 1.54) is 22.3 Å². The number of ether oxygens (including phenoxy) is 2. The van der Waals surface area contributed by atoms with Gasteiger partial charge in [-0.2, -0.15) is 0 Å². The van der Waals surface area contributed by atoms with Crippen LogP contribution in [0.4, 0.5) is 0 Å². The van der Waals surface area contributed by atoms with Crippen LogP contribution in [0.2, 0.25) is 0 Å². The lowest BCUT2D eigenvalue weighted by molar-refractivity contribution is -0.159. The zero-order valence-electron chi connectivity index (χ0n) is 20.2. The maximum absolute atomic E-state index is 11.7. The molecule has 6 heteroatoms. The van der Waals surface area contributed by atoms with Crippen LogP contribution in [0.15, 0.2) is 46.6 Å². The number of aliphatic hydroxyl groups excluding tert-OH is 2. The van der Waals surface area contributed by atoms with Gasteiger partial charge in [-0.1, -0.05) is 35.5 Å². The second kappa shape index (κ2) is 8.80. The number of rotatable bonds is 0. The van der Waals surface area contributed by atoms with E-state index in [9.17, 15) is 19.8 Å². The predicted molar refractivity (Wildman–Crippen MR) is 126 cm³/mol. The lowest BCUT2D eigenvalue weighted by Gasteiger charge is -2.48. The molecular weight excluding hydrogens is 432 g/mol. The number of hydrogen-bond donors (Lipinski definition) is 2. The smallest absolute Gasteiger partial charge is 0.334 e. The molecule has 6 rings (SSSR count). The van der Waals surface area contributed by atoms with E-state index in [4.69, 9.17) is 9.47 Å². The van der Waals surface area contributed by atoms with E-state index in [-0.39, 0.29) is 47.8 Å². The van der Waals surface area contributed by atoms with Crippen LogP contribution in [0.25, 0.3) is 0 Å². The minimum Gasteiger partial charge on any atom is -0.458 e. The molecule has 0 aromatic carbocycles. The first-order valence-corrected chi connectivity index (χ1v) is 12.7. The highest BCUT2D eigenvalue weighted by Gasteiger charge is 2.51. The molecule has 8 atom stereocenters. The summed E-state index contributed by atoms with van der Waals surface area (Å²) in [5, 5.41) is 20.4. The quantitative estimate of drug-likeness (QED) is 0.318. The van der Waals surface area contributed by atoms with Crippen molar-refractivity contribution in [3.63, 3.8) is 0 Å². The molecule has 6 aliphatic rings. The van der Waals surface area contributed by atoms with Crippen LogP contribution in [0.1, 0.15) is 65.2 Å². The van der Waals surface area contributed by atoms with Crippen LogP contribution in [-0.4, -0.2) is 46.6 Å². The third-order valence-corrected chi connectivity index (χ3v) is 9.05. The van der Waals surface area contributed by atoms with Crippen LogP contribution in [0.5, 0.6) is 0 Å². The highest BCUT2D eigenvalue weighted by atomic mass is 16.6. The molecular formula is C28H36O6. The SMILES string of the molecule is C=C1C(=O)O[C@H]2CCCC3=C(C)C[C@H](O)[C@@H]1[C@@H]32.C=C1C(=O)O[C@H]2CCCC3=C(C)C[C@H](O)[C@@H]1[C@@H]32. The fourth-order valence-corrected chi connectivity index (χ4v) is 7.50. The molecule has 0 bridgehead atoms. The van der Waals surface area contributed by atoms with Gasteiger partial charge < -0.3 is 19.7 Å². The van der Waals surface area contributed by atoms with Crippen molar-refractivity contribution in [2.75, 3.05) is 0 Å². The topological polar surface area (TPSA) is 93.1 Å². The standard InChI is InChI=1S/2C14H18O3/c2*1-7-6-10(15)12-8(2)14(16)17-11-5-3-4-9(7)13(11)12/h2*10-13,15H,2-6H2,1H3/t2*10-,11-,12+,13-/m00/s1. The molecule has 0 aromatic heterocycles. The number of hydrogen-bond acceptors (Lipinski definition) is 6. The van der Waals surface area contributed by atoms with Gasteiger partial charge in [-0.3, -0.25) is 0 Å². The molecule has 4 fully saturated rings. The second-order valence-corrected chi connectivity index (χ2v) is 11.0. The summed E-state index contributed by atoms with van der Waals surface area (Å²) in [5.41, 5.74) is 6.31. The van der Waals surface area contributed by atoms with E-state index < -0.39 is 12.2 Å². The summed E-state index contributed by atoms with van der Waals surface area (Å²) in [6, 6.07) is 0. The number of esters is 2. The highest BCUT2D eigenvalue weighted by Crippen LogP contribution is 2.50. The van der Waals surface area contributed by atoms with E-state index in [0.29, 0.717) is 24.0 Å². The van der Waals surface area contributed by atoms with Gasteiger partial charge in [0.2, 0.25) is 0 Å². The summed E-state index contributed by atoms with van der Waals surface area (Å²) in [6.45, 7) is 11.8. The van der Waals surface area contributed by atoms with E-state index >= 15 is 0 Å². The molecule has 6 nitrogen and oxygen atoms in total. The van der Waals surface area contributed by atoms with Crippen molar-refractivity contribution in [1.82, 2.24) is 0 Å². The van der Waals surface area contributed by atoms with Crippen molar-refractivity contribution in [1.29, 1.82) is 0 Å². The van der Waals surface area contributed by atoms with Gasteiger partial charge in [-0.05, 0) is 65.2 Å². The Labute approximate surface area is 201 Å². The van der Waals surface area contributed by atoms with Crippen LogP contribution < -0.4 is 0 Å². The first kappa shape index (κ1) is 23.6. The molecule has 2 heterocycles. The van der Waals surface area contributed by atoms with Gasteiger partial charge >= 0.3 is 11.9 Å². The molecule has 0 radical (unpaired) electrons. The molecule has 184 valence electrons. The maximum atomic E-state index is 11.7. The minimum atomic E-state index is -0.468. The molecule has 0 unspecified atom stereocenters. The molecule has 0 spiro atoms. The van der Waals surface area contributed by atoms with E-state index in [1.807, 2.05) is 0 Å². The van der Waals surface area contributed by atoms with Gasteiger partial charge in [-0.25, -0.2) is 9.59 Å². The van der Waals surface area contributed by atoms with Crippen molar-refractivity contribution in [2.24, 2.45) is 23.7 Å². The highest BCUT2D eigenvalue weighted by molar-refractivity contribution is 5.90. The van der Waals surface area contributed by atoms with Gasteiger partial charge in [0, 0.05) is 34.8 Å².